The lowest BCUT2D eigenvalue weighted by molar-refractivity contribution is -0.117. The number of aromatic nitrogens is 3. The highest BCUT2D eigenvalue weighted by molar-refractivity contribution is 8.00. The first-order valence-corrected chi connectivity index (χ1v) is 11.0. The predicted molar refractivity (Wildman–Crippen MR) is 109 cm³/mol. The number of hydrogen-bond acceptors (Lipinski definition) is 5. The second kappa shape index (κ2) is 6.80. The summed E-state index contributed by atoms with van der Waals surface area (Å²) < 4.78 is 2.23. The van der Waals surface area contributed by atoms with Gasteiger partial charge >= 0.3 is 0 Å². The van der Waals surface area contributed by atoms with E-state index in [1.807, 2.05) is 36.1 Å². The number of anilines is 1. The molecule has 3 heterocycles. The van der Waals surface area contributed by atoms with Gasteiger partial charge in [0.05, 0.1) is 10.1 Å². The van der Waals surface area contributed by atoms with Gasteiger partial charge in [-0.05, 0) is 49.3 Å². The van der Waals surface area contributed by atoms with Crippen molar-refractivity contribution in [3.05, 3.63) is 47.3 Å². The second-order valence-corrected chi connectivity index (χ2v) is 9.27. The molecule has 1 saturated carbocycles. The van der Waals surface area contributed by atoms with Crippen LogP contribution in [0.1, 0.15) is 31.4 Å². The molecular formula is C20H20N4OS2. The zero-order chi connectivity index (χ0) is 18.4. The monoisotopic (exact) mass is 396 g/mol. The van der Waals surface area contributed by atoms with E-state index >= 15 is 0 Å². The molecule has 1 aliphatic carbocycles. The molecule has 0 saturated heterocycles. The van der Waals surface area contributed by atoms with Crippen molar-refractivity contribution in [1.82, 2.24) is 14.8 Å². The molecule has 1 amide bonds. The topological polar surface area (TPSA) is 51.0 Å². The Bertz CT molecular complexity index is 978. The van der Waals surface area contributed by atoms with Crippen LogP contribution < -0.4 is 4.90 Å². The molecule has 0 radical (unpaired) electrons. The fourth-order valence-corrected chi connectivity index (χ4v) is 5.28. The van der Waals surface area contributed by atoms with Crippen LogP contribution in [-0.2, 0) is 11.2 Å². The van der Waals surface area contributed by atoms with E-state index in [0.29, 0.717) is 6.04 Å². The van der Waals surface area contributed by atoms with E-state index in [0.717, 1.165) is 47.4 Å². The summed E-state index contributed by atoms with van der Waals surface area (Å²) in [5, 5.41) is 11.6. The standard InChI is InChI=1S/C20H20N4OS2/c1-13(19(25)23-11-10-14-5-2-3-6-16(14)23)27-20-22-21-18(17-7-4-12-26-17)24(20)15-8-9-15/h2-7,12-13,15H,8-11H2,1H3/t13-/m0/s1. The number of amides is 1. The van der Waals surface area contributed by atoms with Crippen molar-refractivity contribution in [1.29, 1.82) is 0 Å². The van der Waals surface area contributed by atoms with E-state index in [-0.39, 0.29) is 11.2 Å². The lowest BCUT2D eigenvalue weighted by atomic mass is 10.2. The van der Waals surface area contributed by atoms with Gasteiger partial charge in [0.15, 0.2) is 11.0 Å². The van der Waals surface area contributed by atoms with E-state index in [4.69, 9.17) is 0 Å². The Morgan fingerprint density at radius 1 is 1.22 bits per heavy atom. The highest BCUT2D eigenvalue weighted by Gasteiger charge is 2.33. The zero-order valence-corrected chi connectivity index (χ0v) is 16.7. The third kappa shape index (κ3) is 3.08. The minimum Gasteiger partial charge on any atom is -0.311 e. The average molecular weight is 397 g/mol. The maximum Gasteiger partial charge on any atom is 0.240 e. The number of thiophene rings is 1. The molecule has 2 aliphatic rings. The van der Waals surface area contributed by atoms with Crippen LogP contribution in [0.2, 0.25) is 0 Å². The van der Waals surface area contributed by atoms with Crippen molar-refractivity contribution in [3.8, 4) is 10.7 Å². The number of benzene rings is 1. The van der Waals surface area contributed by atoms with Crippen LogP contribution >= 0.6 is 23.1 Å². The third-order valence-electron chi connectivity index (χ3n) is 5.10. The number of nitrogens with zero attached hydrogens (tertiary/aromatic N) is 4. The summed E-state index contributed by atoms with van der Waals surface area (Å²) in [6.45, 7) is 2.74. The Kier molecular flexibility index (Phi) is 4.28. The fraction of sp³-hybridized carbons (Fsp3) is 0.350. The predicted octanol–water partition coefficient (Wildman–Crippen LogP) is 4.41. The molecular weight excluding hydrogens is 376 g/mol. The first-order chi connectivity index (χ1) is 13.2. The number of carbonyl (C=O) groups is 1. The van der Waals surface area contributed by atoms with Crippen LogP contribution in [-0.4, -0.2) is 32.5 Å². The van der Waals surface area contributed by atoms with Crippen molar-refractivity contribution in [2.45, 2.75) is 42.6 Å². The lowest BCUT2D eigenvalue weighted by Crippen LogP contribution is -2.35. The highest BCUT2D eigenvalue weighted by atomic mass is 32.2. The van der Waals surface area contributed by atoms with Gasteiger partial charge in [0, 0.05) is 18.3 Å². The Morgan fingerprint density at radius 3 is 2.85 bits per heavy atom. The Hall–Kier alpha value is -2.12. The van der Waals surface area contributed by atoms with E-state index in [2.05, 4.69) is 32.3 Å². The van der Waals surface area contributed by atoms with E-state index in [1.54, 1.807) is 11.3 Å². The summed E-state index contributed by atoms with van der Waals surface area (Å²) in [7, 11) is 0. The van der Waals surface area contributed by atoms with Crippen LogP contribution in [0.25, 0.3) is 10.7 Å². The quantitative estimate of drug-likeness (QED) is 0.600. The smallest absolute Gasteiger partial charge is 0.240 e. The van der Waals surface area contributed by atoms with Gasteiger partial charge < -0.3 is 4.90 Å². The molecule has 1 aromatic carbocycles. The second-order valence-electron chi connectivity index (χ2n) is 7.01. The normalized spacial score (nSPS) is 17.1. The van der Waals surface area contributed by atoms with Gasteiger partial charge in [-0.1, -0.05) is 36.0 Å². The van der Waals surface area contributed by atoms with Gasteiger partial charge in [0.1, 0.15) is 0 Å². The Morgan fingerprint density at radius 2 is 2.07 bits per heavy atom. The number of fused-ring (bicyclic) bond motifs is 1. The number of thioether (sulfide) groups is 1. The fourth-order valence-electron chi connectivity index (χ4n) is 3.59. The SMILES string of the molecule is C[C@H](Sc1nnc(-c2cccs2)n1C1CC1)C(=O)N1CCc2ccccc21. The number of carbonyl (C=O) groups excluding carboxylic acids is 1. The molecule has 0 N–H and O–H groups in total. The van der Waals surface area contributed by atoms with Crippen molar-refractivity contribution in [3.63, 3.8) is 0 Å². The minimum absolute atomic E-state index is 0.146. The van der Waals surface area contributed by atoms with E-state index in [9.17, 15) is 4.79 Å². The van der Waals surface area contributed by atoms with Gasteiger partial charge in [-0.2, -0.15) is 0 Å². The van der Waals surface area contributed by atoms with Crippen LogP contribution in [0.4, 0.5) is 5.69 Å². The molecule has 7 heteroatoms. The number of rotatable bonds is 5. The summed E-state index contributed by atoms with van der Waals surface area (Å²) in [5.74, 6) is 1.08. The van der Waals surface area contributed by atoms with Crippen LogP contribution in [0, 0.1) is 0 Å². The summed E-state index contributed by atoms with van der Waals surface area (Å²) in [6, 6.07) is 12.8. The lowest BCUT2D eigenvalue weighted by Gasteiger charge is -2.21. The van der Waals surface area contributed by atoms with Crippen LogP contribution in [0.3, 0.4) is 0 Å². The molecule has 2 aromatic heterocycles. The zero-order valence-electron chi connectivity index (χ0n) is 15.0. The molecule has 1 aliphatic heterocycles. The molecule has 3 aromatic rings. The summed E-state index contributed by atoms with van der Waals surface area (Å²) in [6.07, 6.45) is 3.25. The molecule has 1 fully saturated rings. The van der Waals surface area contributed by atoms with Gasteiger partial charge in [0.2, 0.25) is 5.91 Å². The molecule has 1 atom stereocenters. The van der Waals surface area contributed by atoms with Crippen molar-refractivity contribution in [2.24, 2.45) is 0 Å². The van der Waals surface area contributed by atoms with Gasteiger partial charge in [-0.25, -0.2) is 0 Å². The molecule has 0 spiro atoms. The highest BCUT2D eigenvalue weighted by Crippen LogP contribution is 2.42. The van der Waals surface area contributed by atoms with Gasteiger partial charge in [0.25, 0.3) is 0 Å². The largest absolute Gasteiger partial charge is 0.311 e. The van der Waals surface area contributed by atoms with Gasteiger partial charge in [-0.3, -0.25) is 9.36 Å². The van der Waals surface area contributed by atoms with Crippen LogP contribution in [0.5, 0.6) is 0 Å². The molecule has 138 valence electrons. The number of para-hydroxylation sites is 1. The summed E-state index contributed by atoms with van der Waals surface area (Å²) in [4.78, 5) is 16.1. The Labute approximate surface area is 166 Å². The maximum absolute atomic E-state index is 13.1. The van der Waals surface area contributed by atoms with E-state index in [1.165, 1.54) is 17.3 Å². The molecule has 5 rings (SSSR count). The van der Waals surface area contributed by atoms with Crippen molar-refractivity contribution >= 4 is 34.7 Å². The average Bonchev–Trinajstić information content (AvgIpc) is 3.11. The molecule has 5 nitrogen and oxygen atoms in total. The van der Waals surface area contributed by atoms with Crippen molar-refractivity contribution < 1.29 is 4.79 Å². The maximum atomic E-state index is 13.1. The third-order valence-corrected chi connectivity index (χ3v) is 7.01. The first kappa shape index (κ1) is 17.0. The van der Waals surface area contributed by atoms with E-state index < -0.39 is 0 Å². The summed E-state index contributed by atoms with van der Waals surface area (Å²) >= 11 is 3.21. The van der Waals surface area contributed by atoms with Crippen molar-refractivity contribution in [2.75, 3.05) is 11.4 Å². The summed E-state index contributed by atoms with van der Waals surface area (Å²) in [5.41, 5.74) is 2.31. The van der Waals surface area contributed by atoms with Gasteiger partial charge in [-0.15, -0.1) is 21.5 Å². The number of hydrogen-bond donors (Lipinski definition) is 0. The molecule has 0 unspecified atom stereocenters. The minimum atomic E-state index is -0.200. The molecule has 0 bridgehead atoms. The first-order valence-electron chi connectivity index (χ1n) is 9.27. The van der Waals surface area contributed by atoms with Crippen LogP contribution in [0.15, 0.2) is 46.9 Å². The Balaban J connectivity index is 1.39. The molecule has 27 heavy (non-hydrogen) atoms.